The molecule has 0 fully saturated rings. The second-order valence-corrected chi connectivity index (χ2v) is 12.9. The van der Waals surface area contributed by atoms with Gasteiger partial charge in [0.1, 0.15) is 11.6 Å². The maximum atomic E-state index is 11.7. The zero-order valence-electron chi connectivity index (χ0n) is 28.1. The highest BCUT2D eigenvalue weighted by Crippen LogP contribution is 2.30. The first kappa shape index (κ1) is 35.9. The normalized spacial score (nSPS) is 13.2. The molecule has 8 nitrogen and oxygen atoms in total. The number of benzene rings is 1. The van der Waals surface area contributed by atoms with Crippen molar-refractivity contribution in [2.24, 2.45) is 16.1 Å². The van der Waals surface area contributed by atoms with E-state index in [1.807, 2.05) is 19.2 Å². The number of ether oxygens (including phenoxy) is 2. The van der Waals surface area contributed by atoms with Gasteiger partial charge in [0.2, 0.25) is 5.91 Å². The van der Waals surface area contributed by atoms with Crippen LogP contribution in [0.4, 0.5) is 0 Å². The highest BCUT2D eigenvalue weighted by atomic mass is 16.5. The molecule has 1 amide bonds. The highest BCUT2D eigenvalue weighted by molar-refractivity contribution is 5.83. The van der Waals surface area contributed by atoms with Crippen molar-refractivity contribution in [1.29, 1.82) is 0 Å². The fraction of sp³-hybridized carbons (Fsp3) is 0.600. The van der Waals surface area contributed by atoms with Crippen molar-refractivity contribution >= 4 is 24.1 Å². The van der Waals surface area contributed by atoms with Gasteiger partial charge in [-0.1, -0.05) is 80.0 Å². The number of carbonyl (C=O) groups is 1. The zero-order chi connectivity index (χ0) is 32.0. The van der Waals surface area contributed by atoms with Gasteiger partial charge in [0.05, 0.1) is 32.2 Å². The largest absolute Gasteiger partial charge is 0.496 e. The third kappa shape index (κ3) is 11.4. The predicted molar refractivity (Wildman–Crippen MR) is 180 cm³/mol. The molecule has 0 atom stereocenters. The number of aromatic nitrogens is 1. The van der Waals surface area contributed by atoms with Gasteiger partial charge in [-0.2, -0.15) is 0 Å². The Morgan fingerprint density at radius 2 is 1.79 bits per heavy atom. The van der Waals surface area contributed by atoms with Crippen molar-refractivity contribution in [2.75, 3.05) is 33.4 Å². The molecule has 0 aliphatic heterocycles. The summed E-state index contributed by atoms with van der Waals surface area (Å²) in [6.45, 7) is 22.1. The molecule has 0 unspecified atom stereocenters. The van der Waals surface area contributed by atoms with E-state index in [1.54, 1.807) is 7.11 Å². The van der Waals surface area contributed by atoms with Crippen LogP contribution in [0.1, 0.15) is 98.1 Å². The van der Waals surface area contributed by atoms with Crippen LogP contribution in [0.3, 0.4) is 0 Å². The zero-order valence-corrected chi connectivity index (χ0v) is 28.1. The topological polar surface area (TPSA) is 103 Å². The molecule has 0 radical (unpaired) electrons. The van der Waals surface area contributed by atoms with E-state index in [9.17, 15) is 4.79 Å². The number of aliphatic imine (C=N–C) groups is 1. The molecule has 1 aromatic carbocycles. The summed E-state index contributed by atoms with van der Waals surface area (Å²) in [6.07, 6.45) is 7.61. The lowest BCUT2D eigenvalue weighted by atomic mass is 9.84. The molecule has 1 heterocycles. The lowest BCUT2D eigenvalue weighted by Crippen LogP contribution is -2.37. The lowest BCUT2D eigenvalue weighted by Gasteiger charge is -2.30. The summed E-state index contributed by atoms with van der Waals surface area (Å²) in [6, 6.07) is 8.43. The number of amidine groups is 1. The van der Waals surface area contributed by atoms with Crippen LogP contribution in [0.2, 0.25) is 0 Å². The molecule has 240 valence electrons. The van der Waals surface area contributed by atoms with Gasteiger partial charge in [-0.3, -0.25) is 4.79 Å². The average Bonchev–Trinajstić information content (AvgIpc) is 3.32. The van der Waals surface area contributed by atoms with Crippen LogP contribution in [0, 0.1) is 5.41 Å². The number of carbonyl (C=O) groups excluding carboxylic acids is 1. The third-order valence-electron chi connectivity index (χ3n) is 7.56. The van der Waals surface area contributed by atoms with E-state index in [4.69, 9.17) is 20.2 Å². The third-order valence-corrected chi connectivity index (χ3v) is 7.56. The predicted octanol–water partition coefficient (Wildman–Crippen LogP) is 4.80. The van der Waals surface area contributed by atoms with Crippen molar-refractivity contribution in [3.05, 3.63) is 52.2 Å². The fourth-order valence-corrected chi connectivity index (χ4v) is 4.81. The number of hydrogen-bond donors (Lipinski definition) is 3. The van der Waals surface area contributed by atoms with Gasteiger partial charge in [0.25, 0.3) is 0 Å². The number of nitrogens with zero attached hydrogens (tertiary/aromatic N) is 2. The van der Waals surface area contributed by atoms with Crippen molar-refractivity contribution in [3.8, 4) is 5.75 Å². The van der Waals surface area contributed by atoms with E-state index in [-0.39, 0.29) is 16.7 Å². The van der Waals surface area contributed by atoms with Crippen LogP contribution in [-0.4, -0.2) is 49.7 Å². The average molecular weight is 596 g/mol. The standard InChI is InChI=1S/C35H57N5O3/c1-10-13-14-19-37-33(39-30(36)15-11-2)32-26(4)18-20-40(32)22-27-16-17-28(21-29(27)42-9)35(7,8)25-43-24-34(5,6)23-38-31(41)12-3/h16-18,20-21,37H,4,10-15,19,22-25H2,1-3,5-9H3,(H2,36,39)(H,38,41)/b33-32+. The Morgan fingerprint density at radius 1 is 1.05 bits per heavy atom. The van der Waals surface area contributed by atoms with Crippen molar-refractivity contribution < 1.29 is 14.3 Å². The molecule has 2 rings (SSSR count). The summed E-state index contributed by atoms with van der Waals surface area (Å²) < 4.78 is 14.2. The summed E-state index contributed by atoms with van der Waals surface area (Å²) in [5.74, 6) is 2.27. The number of rotatable bonds is 19. The summed E-state index contributed by atoms with van der Waals surface area (Å²) in [4.78, 5) is 16.5. The molecule has 0 spiro atoms. The summed E-state index contributed by atoms with van der Waals surface area (Å²) in [7, 11) is 1.71. The molecule has 0 aliphatic rings. The van der Waals surface area contributed by atoms with E-state index < -0.39 is 0 Å². The molecule has 2 aromatic rings. The Balaban J connectivity index is 2.30. The second kappa shape index (κ2) is 17.1. The van der Waals surface area contributed by atoms with Crippen LogP contribution in [0.5, 0.6) is 5.75 Å². The molecular weight excluding hydrogens is 538 g/mol. The molecular formula is C35H57N5O3. The number of amides is 1. The minimum absolute atomic E-state index is 0.0600. The Labute approximate surface area is 259 Å². The van der Waals surface area contributed by atoms with Crippen LogP contribution in [0.15, 0.2) is 35.5 Å². The summed E-state index contributed by atoms with van der Waals surface area (Å²) in [5, 5.41) is 8.35. The van der Waals surface area contributed by atoms with Crippen LogP contribution in [-0.2, 0) is 21.5 Å². The van der Waals surface area contributed by atoms with E-state index in [2.05, 4.69) is 81.5 Å². The lowest BCUT2D eigenvalue weighted by molar-refractivity contribution is -0.121. The first-order valence-electron chi connectivity index (χ1n) is 15.8. The quantitative estimate of drug-likeness (QED) is 0.123. The van der Waals surface area contributed by atoms with E-state index in [0.29, 0.717) is 38.6 Å². The second-order valence-electron chi connectivity index (χ2n) is 12.9. The molecule has 0 aliphatic carbocycles. The number of hydrogen-bond acceptors (Lipinski definition) is 5. The van der Waals surface area contributed by atoms with E-state index in [0.717, 1.165) is 71.9 Å². The van der Waals surface area contributed by atoms with Crippen molar-refractivity contribution in [3.63, 3.8) is 0 Å². The minimum atomic E-state index is -0.234. The van der Waals surface area contributed by atoms with Gasteiger partial charge >= 0.3 is 0 Å². The molecule has 0 bridgehead atoms. The van der Waals surface area contributed by atoms with E-state index >= 15 is 0 Å². The van der Waals surface area contributed by atoms with Crippen molar-refractivity contribution in [2.45, 2.75) is 99.0 Å². The Morgan fingerprint density at radius 3 is 2.44 bits per heavy atom. The van der Waals surface area contributed by atoms with Gasteiger partial charge < -0.3 is 30.4 Å². The SMILES string of the molecule is C=c1ccn(Cc2ccc(C(C)(C)COCC(C)(C)CNC(=O)CC)cc2OC)/c1=C(/N=C(/N)CCC)NCCCCC. The Hall–Kier alpha value is -3.26. The number of nitrogens with two attached hydrogens (primary N) is 1. The molecule has 4 N–H and O–H groups in total. The summed E-state index contributed by atoms with van der Waals surface area (Å²) >= 11 is 0. The maximum absolute atomic E-state index is 11.7. The number of unbranched alkanes of at least 4 members (excludes halogenated alkanes) is 2. The van der Waals surface area contributed by atoms with Gasteiger partial charge in [0.15, 0.2) is 5.82 Å². The number of nitrogens with one attached hydrogen (secondary N) is 2. The fourth-order valence-electron chi connectivity index (χ4n) is 4.81. The molecule has 0 saturated heterocycles. The minimum Gasteiger partial charge on any atom is -0.496 e. The molecule has 8 heteroatoms. The monoisotopic (exact) mass is 595 g/mol. The number of methoxy groups -OCH3 is 1. The van der Waals surface area contributed by atoms with Crippen LogP contribution >= 0.6 is 0 Å². The molecule has 43 heavy (non-hydrogen) atoms. The molecule has 0 saturated carbocycles. The Kier molecular flexibility index (Phi) is 14.3. The van der Waals surface area contributed by atoms with Crippen molar-refractivity contribution in [1.82, 2.24) is 15.2 Å². The van der Waals surface area contributed by atoms with Gasteiger partial charge in [-0.25, -0.2) is 4.99 Å². The molecule has 1 aromatic heterocycles. The summed E-state index contributed by atoms with van der Waals surface area (Å²) in [5.41, 5.74) is 8.09. The smallest absolute Gasteiger partial charge is 0.219 e. The van der Waals surface area contributed by atoms with Gasteiger partial charge in [0, 0.05) is 48.5 Å². The van der Waals surface area contributed by atoms with Gasteiger partial charge in [-0.05, 0) is 35.8 Å². The first-order chi connectivity index (χ1) is 20.4. The van der Waals surface area contributed by atoms with Crippen LogP contribution < -0.4 is 31.7 Å². The first-order valence-corrected chi connectivity index (χ1v) is 15.8. The van der Waals surface area contributed by atoms with E-state index in [1.165, 1.54) is 0 Å². The maximum Gasteiger partial charge on any atom is 0.219 e. The highest BCUT2D eigenvalue weighted by Gasteiger charge is 2.25. The van der Waals surface area contributed by atoms with Gasteiger partial charge in [-0.15, -0.1) is 0 Å². The Bertz CT molecular complexity index is 1310. The van der Waals surface area contributed by atoms with Crippen LogP contribution in [0.25, 0.3) is 12.4 Å².